The molecular weight excluding hydrogens is 300 g/mol. The summed E-state index contributed by atoms with van der Waals surface area (Å²) in [5, 5.41) is 11.3. The number of hydrogen-bond acceptors (Lipinski definition) is 3. The van der Waals surface area contributed by atoms with Crippen molar-refractivity contribution in [1.29, 1.82) is 0 Å². The Balaban J connectivity index is 1.57. The molecule has 3 rings (SSSR count). The van der Waals surface area contributed by atoms with E-state index < -0.39 is 0 Å². The van der Waals surface area contributed by atoms with Gasteiger partial charge in [0.25, 0.3) is 0 Å². The Morgan fingerprint density at radius 3 is 2.62 bits per heavy atom. The van der Waals surface area contributed by atoms with E-state index in [1.807, 2.05) is 35.7 Å². The fourth-order valence-corrected chi connectivity index (χ4v) is 2.73. The number of benzene rings is 1. The number of nitrogens with zero attached hydrogens (tertiary/aromatic N) is 3. The Morgan fingerprint density at radius 2 is 1.88 bits per heavy atom. The molecular formula is C19H22N4O. The highest BCUT2D eigenvalue weighted by molar-refractivity contribution is 5.76. The molecule has 2 heterocycles. The number of aryl methyl sites for hydroxylation is 2. The molecule has 0 radical (unpaired) electrons. The average Bonchev–Trinajstić information content (AvgIpc) is 3.04. The molecule has 0 aliphatic heterocycles. The molecule has 0 unspecified atom stereocenters. The smallest absolute Gasteiger partial charge is 0.220 e. The van der Waals surface area contributed by atoms with Crippen LogP contribution in [0.4, 0.5) is 0 Å². The van der Waals surface area contributed by atoms with E-state index in [1.54, 1.807) is 0 Å². The third-order valence-electron chi connectivity index (χ3n) is 4.18. The maximum atomic E-state index is 12.2. The average molecular weight is 322 g/mol. The van der Waals surface area contributed by atoms with Crippen molar-refractivity contribution in [1.82, 2.24) is 19.9 Å². The van der Waals surface area contributed by atoms with Gasteiger partial charge in [0.05, 0.1) is 6.04 Å². The number of carbonyl (C=O) groups is 1. The Labute approximate surface area is 141 Å². The van der Waals surface area contributed by atoms with Crippen LogP contribution in [0.2, 0.25) is 0 Å². The third kappa shape index (κ3) is 3.62. The summed E-state index contributed by atoms with van der Waals surface area (Å²) in [5.74, 6) is 0.765. The van der Waals surface area contributed by atoms with Crippen LogP contribution < -0.4 is 5.32 Å². The first-order valence-corrected chi connectivity index (χ1v) is 8.34. The van der Waals surface area contributed by atoms with Gasteiger partial charge in [0.15, 0.2) is 11.5 Å². The van der Waals surface area contributed by atoms with Crippen molar-refractivity contribution in [2.45, 2.75) is 39.2 Å². The number of rotatable bonds is 6. The van der Waals surface area contributed by atoms with Gasteiger partial charge in [-0.1, -0.05) is 37.3 Å². The van der Waals surface area contributed by atoms with Crippen LogP contribution in [0.5, 0.6) is 0 Å². The SMILES string of the molecule is CCc1ccc(CCC(=O)N[C@H](C)c2nnc3ccccn23)cc1. The number of amides is 1. The van der Waals surface area contributed by atoms with Gasteiger partial charge in [-0.15, -0.1) is 10.2 Å². The fourth-order valence-electron chi connectivity index (χ4n) is 2.73. The van der Waals surface area contributed by atoms with E-state index in [2.05, 4.69) is 46.7 Å². The summed E-state index contributed by atoms with van der Waals surface area (Å²) < 4.78 is 1.90. The van der Waals surface area contributed by atoms with Crippen LogP contribution in [0, 0.1) is 0 Å². The van der Waals surface area contributed by atoms with Crippen LogP contribution in [0.15, 0.2) is 48.7 Å². The summed E-state index contributed by atoms with van der Waals surface area (Å²) in [6.45, 7) is 4.06. The van der Waals surface area contributed by atoms with E-state index in [9.17, 15) is 4.79 Å². The summed E-state index contributed by atoms with van der Waals surface area (Å²) >= 11 is 0. The summed E-state index contributed by atoms with van der Waals surface area (Å²) in [7, 11) is 0. The van der Waals surface area contributed by atoms with Crippen LogP contribution in [-0.2, 0) is 17.6 Å². The van der Waals surface area contributed by atoms with Crippen LogP contribution in [-0.4, -0.2) is 20.5 Å². The first-order chi connectivity index (χ1) is 11.7. The summed E-state index contributed by atoms with van der Waals surface area (Å²) in [5.41, 5.74) is 3.28. The van der Waals surface area contributed by atoms with E-state index in [-0.39, 0.29) is 11.9 Å². The van der Waals surface area contributed by atoms with Gasteiger partial charge in [0, 0.05) is 12.6 Å². The van der Waals surface area contributed by atoms with E-state index in [0.29, 0.717) is 6.42 Å². The number of fused-ring (bicyclic) bond motifs is 1. The topological polar surface area (TPSA) is 59.3 Å². The fraction of sp³-hybridized carbons (Fsp3) is 0.316. The number of nitrogens with one attached hydrogen (secondary N) is 1. The maximum Gasteiger partial charge on any atom is 0.220 e. The Kier molecular flexibility index (Phi) is 4.89. The molecule has 0 fully saturated rings. The minimum atomic E-state index is -0.183. The molecule has 5 heteroatoms. The van der Waals surface area contributed by atoms with Crippen molar-refractivity contribution in [2.75, 3.05) is 0 Å². The number of pyridine rings is 1. The summed E-state index contributed by atoms with van der Waals surface area (Å²) in [4.78, 5) is 12.2. The molecule has 0 bridgehead atoms. The van der Waals surface area contributed by atoms with Gasteiger partial charge in [-0.2, -0.15) is 0 Å². The Morgan fingerprint density at radius 1 is 1.12 bits per heavy atom. The van der Waals surface area contributed by atoms with Crippen molar-refractivity contribution in [3.8, 4) is 0 Å². The zero-order valence-corrected chi connectivity index (χ0v) is 14.1. The number of aromatic nitrogens is 3. The lowest BCUT2D eigenvalue weighted by Gasteiger charge is -2.12. The normalized spacial score (nSPS) is 12.2. The molecule has 0 saturated carbocycles. The number of hydrogen-bond donors (Lipinski definition) is 1. The minimum Gasteiger partial charge on any atom is -0.346 e. The van der Waals surface area contributed by atoms with Crippen LogP contribution in [0.3, 0.4) is 0 Å². The quantitative estimate of drug-likeness (QED) is 0.758. The Hall–Kier alpha value is -2.69. The molecule has 0 spiro atoms. The zero-order chi connectivity index (χ0) is 16.9. The van der Waals surface area contributed by atoms with E-state index >= 15 is 0 Å². The molecule has 3 aromatic rings. The second kappa shape index (κ2) is 7.25. The van der Waals surface area contributed by atoms with Crippen molar-refractivity contribution in [3.05, 3.63) is 65.6 Å². The maximum absolute atomic E-state index is 12.2. The van der Waals surface area contributed by atoms with Crippen molar-refractivity contribution in [2.24, 2.45) is 0 Å². The lowest BCUT2D eigenvalue weighted by molar-refractivity contribution is -0.121. The van der Waals surface area contributed by atoms with Gasteiger partial charge >= 0.3 is 0 Å². The van der Waals surface area contributed by atoms with Gasteiger partial charge in [-0.25, -0.2) is 0 Å². The summed E-state index contributed by atoms with van der Waals surface area (Å²) in [6.07, 6.45) is 4.14. The lowest BCUT2D eigenvalue weighted by Crippen LogP contribution is -2.28. The van der Waals surface area contributed by atoms with E-state index in [1.165, 1.54) is 11.1 Å². The third-order valence-corrected chi connectivity index (χ3v) is 4.18. The van der Waals surface area contributed by atoms with Crippen molar-refractivity contribution < 1.29 is 4.79 Å². The molecule has 1 amide bonds. The Bertz CT molecular complexity index is 823. The van der Waals surface area contributed by atoms with Gasteiger partial charge < -0.3 is 5.32 Å². The molecule has 2 aromatic heterocycles. The standard InChI is InChI=1S/C19H22N4O/c1-3-15-7-9-16(10-8-15)11-12-18(24)20-14(2)19-22-21-17-6-4-5-13-23(17)19/h4-10,13-14H,3,11-12H2,1-2H3,(H,20,24)/t14-/m1/s1. The monoisotopic (exact) mass is 322 g/mol. The lowest BCUT2D eigenvalue weighted by atomic mass is 10.1. The van der Waals surface area contributed by atoms with E-state index in [0.717, 1.165) is 24.3 Å². The molecule has 0 aliphatic carbocycles. The second-order valence-corrected chi connectivity index (χ2v) is 5.95. The molecule has 1 N–H and O–H groups in total. The first-order valence-electron chi connectivity index (χ1n) is 8.34. The molecule has 24 heavy (non-hydrogen) atoms. The largest absolute Gasteiger partial charge is 0.346 e. The van der Waals surface area contributed by atoms with Crippen molar-refractivity contribution in [3.63, 3.8) is 0 Å². The van der Waals surface area contributed by atoms with Crippen LogP contribution >= 0.6 is 0 Å². The van der Waals surface area contributed by atoms with Gasteiger partial charge in [0.1, 0.15) is 0 Å². The molecule has 124 valence electrons. The summed E-state index contributed by atoms with van der Waals surface area (Å²) in [6, 6.07) is 14.0. The highest BCUT2D eigenvalue weighted by atomic mass is 16.1. The molecule has 0 saturated heterocycles. The highest BCUT2D eigenvalue weighted by Gasteiger charge is 2.15. The molecule has 1 aromatic carbocycles. The molecule has 0 aliphatic rings. The predicted molar refractivity (Wildman–Crippen MR) is 93.7 cm³/mol. The van der Waals surface area contributed by atoms with Crippen molar-refractivity contribution >= 4 is 11.6 Å². The van der Waals surface area contributed by atoms with E-state index in [4.69, 9.17) is 0 Å². The van der Waals surface area contributed by atoms with Gasteiger partial charge in [-0.3, -0.25) is 9.20 Å². The highest BCUT2D eigenvalue weighted by Crippen LogP contribution is 2.12. The minimum absolute atomic E-state index is 0.0229. The van der Waals surface area contributed by atoms with Crippen LogP contribution in [0.25, 0.3) is 5.65 Å². The number of carbonyl (C=O) groups excluding carboxylic acids is 1. The van der Waals surface area contributed by atoms with Crippen LogP contribution in [0.1, 0.15) is 43.3 Å². The predicted octanol–water partition coefficient (Wildman–Crippen LogP) is 3.10. The zero-order valence-electron chi connectivity index (χ0n) is 14.1. The molecule has 5 nitrogen and oxygen atoms in total. The first kappa shape index (κ1) is 16.2. The van der Waals surface area contributed by atoms with Gasteiger partial charge in [-0.05, 0) is 43.0 Å². The molecule has 1 atom stereocenters. The second-order valence-electron chi connectivity index (χ2n) is 5.95. The van der Waals surface area contributed by atoms with Gasteiger partial charge in [0.2, 0.25) is 5.91 Å².